The van der Waals surface area contributed by atoms with Crippen molar-refractivity contribution in [2.45, 2.75) is 19.9 Å². The number of thiophene rings is 1. The van der Waals surface area contributed by atoms with E-state index in [2.05, 4.69) is 11.8 Å². The number of aliphatic hydroxyl groups is 1. The Morgan fingerprint density at radius 2 is 2.32 bits per heavy atom. The molecule has 0 aliphatic carbocycles. The highest BCUT2D eigenvalue weighted by Crippen LogP contribution is 2.14. The number of aliphatic hydroxyl groups excluding tert-OH is 1. The SMILES string of the molecule is Cc1cccn(Cc2cc(C#CCCO)cs2)c1=O. The highest BCUT2D eigenvalue weighted by atomic mass is 32.1. The van der Waals surface area contributed by atoms with Crippen LogP contribution in [0.25, 0.3) is 0 Å². The fourth-order valence-electron chi connectivity index (χ4n) is 1.70. The molecule has 2 rings (SSSR count). The molecule has 19 heavy (non-hydrogen) atoms. The maximum absolute atomic E-state index is 11.9. The van der Waals surface area contributed by atoms with Crippen molar-refractivity contribution in [1.29, 1.82) is 0 Å². The predicted octanol–water partition coefficient (Wildman–Crippen LogP) is 2.00. The summed E-state index contributed by atoms with van der Waals surface area (Å²) in [6.07, 6.45) is 2.29. The summed E-state index contributed by atoms with van der Waals surface area (Å²) in [5.41, 5.74) is 1.74. The topological polar surface area (TPSA) is 42.2 Å². The summed E-state index contributed by atoms with van der Waals surface area (Å²) < 4.78 is 1.70. The molecular formula is C15H15NO2S. The molecule has 0 atom stereocenters. The van der Waals surface area contributed by atoms with Gasteiger partial charge in [-0.3, -0.25) is 4.79 Å². The third kappa shape index (κ3) is 3.57. The lowest BCUT2D eigenvalue weighted by molar-refractivity contribution is 0.305. The van der Waals surface area contributed by atoms with E-state index in [4.69, 9.17) is 5.11 Å². The van der Waals surface area contributed by atoms with Crippen molar-refractivity contribution >= 4 is 11.3 Å². The second kappa shape index (κ2) is 6.37. The minimum absolute atomic E-state index is 0.0452. The Morgan fingerprint density at radius 3 is 3.11 bits per heavy atom. The molecule has 0 fully saturated rings. The van der Waals surface area contributed by atoms with Gasteiger partial charge >= 0.3 is 0 Å². The van der Waals surface area contributed by atoms with Gasteiger partial charge in [0.15, 0.2) is 0 Å². The van der Waals surface area contributed by atoms with E-state index in [0.29, 0.717) is 13.0 Å². The van der Waals surface area contributed by atoms with Crippen LogP contribution < -0.4 is 5.56 Å². The monoisotopic (exact) mass is 273 g/mol. The summed E-state index contributed by atoms with van der Waals surface area (Å²) in [5, 5.41) is 10.6. The molecule has 3 nitrogen and oxygen atoms in total. The van der Waals surface area contributed by atoms with Crippen LogP contribution in [0.5, 0.6) is 0 Å². The van der Waals surface area contributed by atoms with E-state index in [1.807, 2.05) is 30.5 Å². The van der Waals surface area contributed by atoms with E-state index in [0.717, 1.165) is 16.0 Å². The zero-order chi connectivity index (χ0) is 13.7. The molecule has 0 saturated carbocycles. The van der Waals surface area contributed by atoms with E-state index in [-0.39, 0.29) is 12.2 Å². The van der Waals surface area contributed by atoms with Gasteiger partial charge in [-0.05, 0) is 19.1 Å². The van der Waals surface area contributed by atoms with Crippen molar-refractivity contribution in [3.63, 3.8) is 0 Å². The smallest absolute Gasteiger partial charge is 0.253 e. The average Bonchev–Trinajstić information content (AvgIpc) is 2.83. The number of hydrogen-bond donors (Lipinski definition) is 1. The first-order valence-corrected chi connectivity index (χ1v) is 6.92. The summed E-state index contributed by atoms with van der Waals surface area (Å²) in [7, 11) is 0. The van der Waals surface area contributed by atoms with E-state index in [9.17, 15) is 4.79 Å². The lowest BCUT2D eigenvalue weighted by atomic mass is 10.3. The second-order valence-corrected chi connectivity index (χ2v) is 5.20. The Labute approximate surface area is 116 Å². The van der Waals surface area contributed by atoms with Gasteiger partial charge in [-0.25, -0.2) is 0 Å². The molecule has 0 spiro atoms. The summed E-state index contributed by atoms with van der Waals surface area (Å²) in [4.78, 5) is 13.0. The highest BCUT2D eigenvalue weighted by Gasteiger charge is 2.02. The Kier molecular flexibility index (Phi) is 4.56. The molecule has 1 N–H and O–H groups in total. The molecule has 98 valence electrons. The number of aryl methyl sites for hydroxylation is 1. The molecule has 2 heterocycles. The van der Waals surface area contributed by atoms with Gasteiger partial charge in [0.25, 0.3) is 5.56 Å². The standard InChI is InChI=1S/C15H15NO2S/c1-12-5-4-7-16(15(12)18)10-14-9-13(11-19-14)6-2-3-8-17/h4-5,7,9,11,17H,3,8,10H2,1H3. The van der Waals surface area contributed by atoms with Crippen LogP contribution >= 0.6 is 11.3 Å². The van der Waals surface area contributed by atoms with Crippen LogP contribution in [-0.2, 0) is 6.54 Å². The van der Waals surface area contributed by atoms with E-state index >= 15 is 0 Å². The molecule has 0 bridgehead atoms. The number of pyridine rings is 1. The van der Waals surface area contributed by atoms with Crippen LogP contribution in [0.2, 0.25) is 0 Å². The van der Waals surface area contributed by atoms with Crippen LogP contribution in [0.3, 0.4) is 0 Å². The van der Waals surface area contributed by atoms with Gasteiger partial charge in [-0.1, -0.05) is 17.9 Å². The zero-order valence-corrected chi connectivity index (χ0v) is 11.5. The lowest BCUT2D eigenvalue weighted by Gasteiger charge is -2.03. The Morgan fingerprint density at radius 1 is 1.47 bits per heavy atom. The van der Waals surface area contributed by atoms with Crippen LogP contribution in [0, 0.1) is 18.8 Å². The molecule has 0 saturated heterocycles. The highest BCUT2D eigenvalue weighted by molar-refractivity contribution is 7.10. The van der Waals surface area contributed by atoms with Crippen molar-refractivity contribution < 1.29 is 5.11 Å². The van der Waals surface area contributed by atoms with Crippen LogP contribution in [0.4, 0.5) is 0 Å². The Bertz CT molecular complexity index is 673. The fraction of sp³-hybridized carbons (Fsp3) is 0.267. The van der Waals surface area contributed by atoms with E-state index in [1.54, 1.807) is 22.1 Å². The molecule has 2 aromatic heterocycles. The molecule has 2 aromatic rings. The third-order valence-corrected chi connectivity index (χ3v) is 3.58. The molecule has 4 heteroatoms. The molecule has 0 radical (unpaired) electrons. The molecule has 0 aliphatic heterocycles. The summed E-state index contributed by atoms with van der Waals surface area (Å²) >= 11 is 1.59. The maximum atomic E-state index is 11.9. The molecule has 0 aliphatic rings. The fourth-order valence-corrected chi connectivity index (χ4v) is 2.51. The number of rotatable bonds is 3. The van der Waals surface area contributed by atoms with Gasteiger partial charge in [0.2, 0.25) is 0 Å². The summed E-state index contributed by atoms with van der Waals surface area (Å²) in [6.45, 7) is 2.48. The van der Waals surface area contributed by atoms with Gasteiger partial charge < -0.3 is 9.67 Å². The second-order valence-electron chi connectivity index (χ2n) is 4.20. The minimum atomic E-state index is 0.0452. The summed E-state index contributed by atoms with van der Waals surface area (Å²) in [5.74, 6) is 5.88. The minimum Gasteiger partial charge on any atom is -0.395 e. The first-order chi connectivity index (χ1) is 9.20. The Balaban J connectivity index is 2.15. The van der Waals surface area contributed by atoms with E-state index in [1.165, 1.54) is 0 Å². The molecule has 0 unspecified atom stereocenters. The molecule has 0 amide bonds. The first-order valence-electron chi connectivity index (χ1n) is 6.04. The van der Waals surface area contributed by atoms with E-state index < -0.39 is 0 Å². The van der Waals surface area contributed by atoms with Crippen LogP contribution in [0.15, 0.2) is 34.6 Å². The van der Waals surface area contributed by atoms with Gasteiger partial charge in [-0.15, -0.1) is 11.3 Å². The van der Waals surface area contributed by atoms with Crippen LogP contribution in [-0.4, -0.2) is 16.3 Å². The van der Waals surface area contributed by atoms with Gasteiger partial charge in [0.05, 0.1) is 13.2 Å². The van der Waals surface area contributed by atoms with Gasteiger partial charge in [0.1, 0.15) is 0 Å². The number of nitrogens with zero attached hydrogens (tertiary/aromatic N) is 1. The Hall–Kier alpha value is -1.83. The van der Waals surface area contributed by atoms with Crippen LogP contribution in [0.1, 0.15) is 22.4 Å². The number of aromatic nitrogens is 1. The number of hydrogen-bond acceptors (Lipinski definition) is 3. The average molecular weight is 273 g/mol. The van der Waals surface area contributed by atoms with Crippen molar-refractivity contribution in [1.82, 2.24) is 4.57 Å². The normalized spacial score (nSPS) is 10.0. The lowest BCUT2D eigenvalue weighted by Crippen LogP contribution is -2.21. The van der Waals surface area contributed by atoms with Gasteiger partial charge in [0, 0.05) is 34.0 Å². The largest absolute Gasteiger partial charge is 0.395 e. The van der Waals surface area contributed by atoms with Crippen molar-refractivity contribution in [3.8, 4) is 11.8 Å². The molecular weight excluding hydrogens is 258 g/mol. The van der Waals surface area contributed by atoms with Crippen molar-refractivity contribution in [3.05, 3.63) is 56.1 Å². The third-order valence-electron chi connectivity index (χ3n) is 2.66. The first kappa shape index (κ1) is 13.6. The maximum Gasteiger partial charge on any atom is 0.253 e. The van der Waals surface area contributed by atoms with Gasteiger partial charge in [-0.2, -0.15) is 0 Å². The van der Waals surface area contributed by atoms with Crippen molar-refractivity contribution in [2.75, 3.05) is 6.61 Å². The zero-order valence-electron chi connectivity index (χ0n) is 10.7. The summed E-state index contributed by atoms with van der Waals surface area (Å²) in [6, 6.07) is 5.69. The quantitative estimate of drug-likeness (QED) is 0.869. The molecule has 0 aromatic carbocycles. The van der Waals surface area contributed by atoms with Crippen molar-refractivity contribution in [2.24, 2.45) is 0 Å². The predicted molar refractivity (Wildman–Crippen MR) is 77.4 cm³/mol.